The number of hydrogen-bond acceptors (Lipinski definition) is 6. The summed E-state index contributed by atoms with van der Waals surface area (Å²) in [6.07, 6.45) is 1.70. The molecule has 2 fully saturated rings. The molecule has 0 N–H and O–H groups in total. The minimum Gasteiger partial charge on any atom is -0.378 e. The molecule has 1 aromatic heterocycles. The van der Waals surface area contributed by atoms with E-state index >= 15 is 0 Å². The van der Waals surface area contributed by atoms with Gasteiger partial charge in [-0.2, -0.15) is 0 Å². The van der Waals surface area contributed by atoms with Gasteiger partial charge in [0.2, 0.25) is 0 Å². The van der Waals surface area contributed by atoms with Gasteiger partial charge < -0.3 is 14.5 Å². The Hall–Kier alpha value is -1.40. The number of rotatable bonds is 4. The minimum atomic E-state index is 0.735. The normalized spacial score (nSPS) is 20.7. The molecule has 2 saturated heterocycles. The average molecular weight is 305 g/mol. The van der Waals surface area contributed by atoms with E-state index < -0.39 is 0 Å². The molecular formula is C16H27N5O. The van der Waals surface area contributed by atoms with E-state index in [4.69, 9.17) is 4.74 Å². The summed E-state index contributed by atoms with van der Waals surface area (Å²) >= 11 is 0. The van der Waals surface area contributed by atoms with Gasteiger partial charge in [0.25, 0.3) is 0 Å². The van der Waals surface area contributed by atoms with E-state index in [0.29, 0.717) is 0 Å². The monoisotopic (exact) mass is 305 g/mol. The van der Waals surface area contributed by atoms with Crippen LogP contribution in [0.15, 0.2) is 12.4 Å². The number of ether oxygens (including phenoxy) is 1. The van der Waals surface area contributed by atoms with Crippen molar-refractivity contribution in [1.82, 2.24) is 14.9 Å². The molecule has 0 radical (unpaired) electrons. The zero-order valence-corrected chi connectivity index (χ0v) is 13.7. The first-order valence-electron chi connectivity index (χ1n) is 8.34. The molecule has 3 rings (SSSR count). The first kappa shape index (κ1) is 15.5. The van der Waals surface area contributed by atoms with Crippen molar-refractivity contribution in [3.05, 3.63) is 12.4 Å². The number of piperazine rings is 1. The van der Waals surface area contributed by atoms with E-state index in [1.807, 2.05) is 0 Å². The second-order valence-corrected chi connectivity index (χ2v) is 6.52. The van der Waals surface area contributed by atoms with Crippen LogP contribution in [0.1, 0.15) is 13.8 Å². The predicted octanol–water partition coefficient (Wildman–Crippen LogP) is 1.09. The minimum absolute atomic E-state index is 0.735. The Morgan fingerprint density at radius 1 is 0.955 bits per heavy atom. The van der Waals surface area contributed by atoms with Crippen molar-refractivity contribution in [1.29, 1.82) is 0 Å². The molecule has 3 heterocycles. The van der Waals surface area contributed by atoms with Gasteiger partial charge >= 0.3 is 0 Å². The molecule has 0 aromatic carbocycles. The van der Waals surface area contributed by atoms with Gasteiger partial charge in [-0.3, -0.25) is 4.90 Å². The van der Waals surface area contributed by atoms with Gasteiger partial charge in [-0.05, 0) is 5.92 Å². The van der Waals surface area contributed by atoms with Gasteiger partial charge in [-0.1, -0.05) is 13.8 Å². The lowest BCUT2D eigenvalue weighted by Gasteiger charge is -2.36. The topological polar surface area (TPSA) is 44.7 Å². The van der Waals surface area contributed by atoms with Gasteiger partial charge in [-0.15, -0.1) is 0 Å². The van der Waals surface area contributed by atoms with Crippen LogP contribution in [-0.4, -0.2) is 73.9 Å². The fraction of sp³-hybridized carbons (Fsp3) is 0.750. The van der Waals surface area contributed by atoms with Crippen LogP contribution in [0.2, 0.25) is 0 Å². The zero-order valence-electron chi connectivity index (χ0n) is 13.7. The highest BCUT2D eigenvalue weighted by Crippen LogP contribution is 2.20. The molecule has 0 unspecified atom stereocenters. The molecule has 0 amide bonds. The molecule has 0 bridgehead atoms. The van der Waals surface area contributed by atoms with Crippen molar-refractivity contribution in [3.8, 4) is 0 Å². The van der Waals surface area contributed by atoms with Gasteiger partial charge in [0, 0.05) is 51.9 Å². The van der Waals surface area contributed by atoms with Crippen molar-refractivity contribution in [2.75, 3.05) is 68.8 Å². The number of hydrogen-bond donors (Lipinski definition) is 0. The van der Waals surface area contributed by atoms with Crippen molar-refractivity contribution in [2.45, 2.75) is 13.8 Å². The summed E-state index contributed by atoms with van der Waals surface area (Å²) in [7, 11) is 0. The maximum atomic E-state index is 5.41. The molecule has 0 saturated carbocycles. The van der Waals surface area contributed by atoms with Gasteiger partial charge in [0.15, 0.2) is 0 Å². The second kappa shape index (κ2) is 7.24. The summed E-state index contributed by atoms with van der Waals surface area (Å²) in [5.41, 5.74) is 0. The van der Waals surface area contributed by atoms with Crippen LogP contribution in [0.4, 0.5) is 11.6 Å². The molecule has 22 heavy (non-hydrogen) atoms. The molecule has 2 aliphatic heterocycles. The first-order chi connectivity index (χ1) is 10.7. The van der Waals surface area contributed by atoms with E-state index in [1.54, 1.807) is 6.33 Å². The Labute approximate surface area is 133 Å². The lowest BCUT2D eigenvalue weighted by Crippen LogP contribution is -2.47. The van der Waals surface area contributed by atoms with Crippen LogP contribution in [0, 0.1) is 5.92 Å². The predicted molar refractivity (Wildman–Crippen MR) is 88.6 cm³/mol. The maximum absolute atomic E-state index is 5.41. The molecule has 1 aromatic rings. The van der Waals surface area contributed by atoms with E-state index in [2.05, 4.69) is 44.6 Å². The summed E-state index contributed by atoms with van der Waals surface area (Å²) in [4.78, 5) is 16.1. The highest BCUT2D eigenvalue weighted by molar-refractivity contribution is 5.50. The number of nitrogens with zero attached hydrogens (tertiary/aromatic N) is 5. The van der Waals surface area contributed by atoms with Gasteiger partial charge in [-0.25, -0.2) is 9.97 Å². The Morgan fingerprint density at radius 2 is 1.55 bits per heavy atom. The van der Waals surface area contributed by atoms with E-state index in [-0.39, 0.29) is 0 Å². The molecule has 0 aliphatic carbocycles. The third-order valence-corrected chi connectivity index (χ3v) is 4.29. The lowest BCUT2D eigenvalue weighted by atomic mass is 10.2. The average Bonchev–Trinajstić information content (AvgIpc) is 2.56. The van der Waals surface area contributed by atoms with Crippen LogP contribution in [0.25, 0.3) is 0 Å². The van der Waals surface area contributed by atoms with Crippen LogP contribution < -0.4 is 9.80 Å². The zero-order chi connectivity index (χ0) is 15.4. The third-order valence-electron chi connectivity index (χ3n) is 4.29. The fourth-order valence-electron chi connectivity index (χ4n) is 3.15. The summed E-state index contributed by atoms with van der Waals surface area (Å²) in [5.74, 6) is 2.82. The summed E-state index contributed by atoms with van der Waals surface area (Å²) in [6.45, 7) is 13.5. The Kier molecular flexibility index (Phi) is 5.10. The number of morpholine rings is 1. The Balaban J connectivity index is 1.61. The second-order valence-electron chi connectivity index (χ2n) is 6.52. The van der Waals surface area contributed by atoms with Gasteiger partial charge in [0.05, 0.1) is 13.2 Å². The van der Waals surface area contributed by atoms with E-state index in [0.717, 1.165) is 70.0 Å². The standard InChI is InChI=1S/C16H27N5O/c1-14(2)12-19-3-5-20(6-4-19)15-11-16(18-13-17-15)21-7-9-22-10-8-21/h11,13-14H,3-10,12H2,1-2H3. The molecule has 122 valence electrons. The Bertz CT molecular complexity index is 467. The molecule has 0 spiro atoms. The SMILES string of the molecule is CC(C)CN1CCN(c2cc(N3CCOCC3)ncn2)CC1. The summed E-state index contributed by atoms with van der Waals surface area (Å²) in [5, 5.41) is 0. The number of anilines is 2. The van der Waals surface area contributed by atoms with Crippen LogP contribution in [-0.2, 0) is 4.74 Å². The van der Waals surface area contributed by atoms with E-state index in [9.17, 15) is 0 Å². The molecule has 2 aliphatic rings. The largest absolute Gasteiger partial charge is 0.378 e. The third kappa shape index (κ3) is 3.87. The molecule has 0 atom stereocenters. The Morgan fingerprint density at radius 3 is 2.14 bits per heavy atom. The van der Waals surface area contributed by atoms with Crippen LogP contribution in [0.3, 0.4) is 0 Å². The van der Waals surface area contributed by atoms with Gasteiger partial charge in [0.1, 0.15) is 18.0 Å². The van der Waals surface area contributed by atoms with Crippen LogP contribution in [0.5, 0.6) is 0 Å². The maximum Gasteiger partial charge on any atom is 0.134 e. The fourth-order valence-corrected chi connectivity index (χ4v) is 3.15. The molecule has 6 nitrogen and oxygen atoms in total. The first-order valence-corrected chi connectivity index (χ1v) is 8.34. The number of aromatic nitrogens is 2. The molecular weight excluding hydrogens is 278 g/mol. The summed E-state index contributed by atoms with van der Waals surface area (Å²) in [6, 6.07) is 2.13. The van der Waals surface area contributed by atoms with Crippen molar-refractivity contribution in [3.63, 3.8) is 0 Å². The molecule has 6 heteroatoms. The summed E-state index contributed by atoms with van der Waals surface area (Å²) < 4.78 is 5.41. The highest BCUT2D eigenvalue weighted by atomic mass is 16.5. The smallest absolute Gasteiger partial charge is 0.134 e. The van der Waals surface area contributed by atoms with Crippen molar-refractivity contribution < 1.29 is 4.74 Å². The van der Waals surface area contributed by atoms with E-state index in [1.165, 1.54) is 6.54 Å². The van der Waals surface area contributed by atoms with Crippen molar-refractivity contribution >= 4 is 11.6 Å². The van der Waals surface area contributed by atoms with Crippen LogP contribution >= 0.6 is 0 Å². The quantitative estimate of drug-likeness (QED) is 0.830. The van der Waals surface area contributed by atoms with Crippen molar-refractivity contribution in [2.24, 2.45) is 5.92 Å². The lowest BCUT2D eigenvalue weighted by molar-refractivity contribution is 0.122. The highest BCUT2D eigenvalue weighted by Gasteiger charge is 2.20.